The predicted octanol–water partition coefficient (Wildman–Crippen LogP) is 3.79. The van der Waals surface area contributed by atoms with Gasteiger partial charge in [-0.1, -0.05) is 36.4 Å². The summed E-state index contributed by atoms with van der Waals surface area (Å²) in [6.45, 7) is 5.08. The third-order valence-corrected chi connectivity index (χ3v) is 4.76. The predicted molar refractivity (Wildman–Crippen MR) is 102 cm³/mol. The highest BCUT2D eigenvalue weighted by Gasteiger charge is 2.19. The van der Waals surface area contributed by atoms with Gasteiger partial charge in [0.05, 0.1) is 18.9 Å². The van der Waals surface area contributed by atoms with Crippen LogP contribution in [0.15, 0.2) is 48.5 Å². The maximum absolute atomic E-state index is 8.66. The molecule has 1 fully saturated rings. The standard InChI is InChI=1S/C21H25N3O/c1-25-21-17-19(18-7-3-2-4-8-18)9-10-20(21)24-15-13-23(14-16-24)12-6-5-11-22/h2-4,7-10,17H,5-6,12-16H2,1H3. The van der Waals surface area contributed by atoms with E-state index >= 15 is 0 Å². The van der Waals surface area contributed by atoms with Gasteiger partial charge in [0.2, 0.25) is 0 Å². The fourth-order valence-electron chi connectivity index (χ4n) is 3.34. The van der Waals surface area contributed by atoms with E-state index in [2.05, 4.69) is 58.3 Å². The van der Waals surface area contributed by atoms with Crippen LogP contribution in [0.4, 0.5) is 5.69 Å². The second-order valence-corrected chi connectivity index (χ2v) is 6.34. The summed E-state index contributed by atoms with van der Waals surface area (Å²) < 4.78 is 5.68. The van der Waals surface area contributed by atoms with Crippen LogP contribution in [0.3, 0.4) is 0 Å². The molecule has 1 aliphatic rings. The zero-order valence-corrected chi connectivity index (χ0v) is 14.8. The summed E-state index contributed by atoms with van der Waals surface area (Å²) in [7, 11) is 1.74. The zero-order valence-electron chi connectivity index (χ0n) is 14.8. The van der Waals surface area contributed by atoms with Gasteiger partial charge in [-0.15, -0.1) is 0 Å². The molecule has 1 heterocycles. The van der Waals surface area contributed by atoms with Crippen LogP contribution in [0.1, 0.15) is 12.8 Å². The van der Waals surface area contributed by atoms with E-state index in [1.807, 2.05) is 6.07 Å². The molecule has 2 aromatic rings. The summed E-state index contributed by atoms with van der Waals surface area (Å²) in [5.74, 6) is 0.930. The quantitative estimate of drug-likeness (QED) is 0.753. The molecular weight excluding hydrogens is 310 g/mol. The summed E-state index contributed by atoms with van der Waals surface area (Å²) in [4.78, 5) is 4.84. The summed E-state index contributed by atoms with van der Waals surface area (Å²) in [5.41, 5.74) is 3.55. The lowest BCUT2D eigenvalue weighted by Gasteiger charge is -2.36. The van der Waals surface area contributed by atoms with Crippen LogP contribution in [0, 0.1) is 11.3 Å². The first kappa shape index (κ1) is 17.3. The fourth-order valence-corrected chi connectivity index (χ4v) is 3.34. The number of benzene rings is 2. The molecule has 0 atom stereocenters. The minimum Gasteiger partial charge on any atom is -0.495 e. The number of nitrogens with zero attached hydrogens (tertiary/aromatic N) is 3. The molecule has 0 aromatic heterocycles. The van der Waals surface area contributed by atoms with Crippen molar-refractivity contribution >= 4 is 5.69 Å². The second kappa shape index (κ2) is 8.55. The first-order valence-electron chi connectivity index (χ1n) is 8.89. The Kier molecular flexibility index (Phi) is 5.92. The van der Waals surface area contributed by atoms with E-state index in [9.17, 15) is 0 Å². The lowest BCUT2D eigenvalue weighted by molar-refractivity contribution is 0.255. The topological polar surface area (TPSA) is 39.5 Å². The van der Waals surface area contributed by atoms with E-state index in [4.69, 9.17) is 10.00 Å². The number of hydrogen-bond donors (Lipinski definition) is 0. The molecule has 0 radical (unpaired) electrons. The number of hydrogen-bond acceptors (Lipinski definition) is 4. The Hall–Kier alpha value is -2.51. The van der Waals surface area contributed by atoms with E-state index in [0.29, 0.717) is 6.42 Å². The van der Waals surface area contributed by atoms with Gasteiger partial charge < -0.3 is 9.64 Å². The minimum atomic E-state index is 0.648. The monoisotopic (exact) mass is 335 g/mol. The zero-order chi connectivity index (χ0) is 17.5. The van der Waals surface area contributed by atoms with Gasteiger partial charge in [-0.05, 0) is 36.2 Å². The molecule has 0 bridgehead atoms. The van der Waals surface area contributed by atoms with Crippen molar-refractivity contribution in [2.45, 2.75) is 12.8 Å². The minimum absolute atomic E-state index is 0.648. The number of methoxy groups -OCH3 is 1. The second-order valence-electron chi connectivity index (χ2n) is 6.34. The van der Waals surface area contributed by atoms with Crippen molar-refractivity contribution in [3.63, 3.8) is 0 Å². The largest absolute Gasteiger partial charge is 0.495 e. The normalized spacial score (nSPS) is 15.0. The molecule has 3 rings (SSSR count). The highest BCUT2D eigenvalue weighted by atomic mass is 16.5. The highest BCUT2D eigenvalue weighted by molar-refractivity contribution is 5.71. The highest BCUT2D eigenvalue weighted by Crippen LogP contribution is 2.33. The van der Waals surface area contributed by atoms with Crippen LogP contribution in [0.25, 0.3) is 11.1 Å². The first-order valence-corrected chi connectivity index (χ1v) is 8.89. The maximum atomic E-state index is 8.66. The average molecular weight is 335 g/mol. The number of ether oxygens (including phenoxy) is 1. The molecule has 0 saturated carbocycles. The smallest absolute Gasteiger partial charge is 0.142 e. The van der Waals surface area contributed by atoms with E-state index in [1.54, 1.807) is 7.11 Å². The Labute approximate surface area is 150 Å². The Morgan fingerprint density at radius 2 is 1.76 bits per heavy atom. The molecule has 0 unspecified atom stereocenters. The average Bonchev–Trinajstić information content (AvgIpc) is 2.69. The van der Waals surface area contributed by atoms with Gasteiger partial charge >= 0.3 is 0 Å². The van der Waals surface area contributed by atoms with Crippen LogP contribution in [-0.4, -0.2) is 44.7 Å². The van der Waals surface area contributed by atoms with Gasteiger partial charge in [0.25, 0.3) is 0 Å². The van der Waals surface area contributed by atoms with Gasteiger partial charge in [-0.25, -0.2) is 0 Å². The van der Waals surface area contributed by atoms with E-state index in [1.165, 1.54) is 16.8 Å². The molecule has 1 aliphatic heterocycles. The maximum Gasteiger partial charge on any atom is 0.142 e. The van der Waals surface area contributed by atoms with Crippen molar-refractivity contribution in [1.82, 2.24) is 4.90 Å². The number of piperazine rings is 1. The summed E-state index contributed by atoms with van der Waals surface area (Å²) in [5, 5.41) is 8.66. The van der Waals surface area contributed by atoms with E-state index < -0.39 is 0 Å². The SMILES string of the molecule is COc1cc(-c2ccccc2)ccc1N1CCN(CCCC#N)CC1. The first-order chi connectivity index (χ1) is 12.3. The van der Waals surface area contributed by atoms with Crippen LogP contribution < -0.4 is 9.64 Å². The Balaban J connectivity index is 1.68. The van der Waals surface area contributed by atoms with Crippen molar-refractivity contribution in [2.24, 2.45) is 0 Å². The third kappa shape index (κ3) is 4.32. The fraction of sp³-hybridized carbons (Fsp3) is 0.381. The molecule has 0 N–H and O–H groups in total. The third-order valence-electron chi connectivity index (χ3n) is 4.76. The number of rotatable bonds is 6. The van der Waals surface area contributed by atoms with Gasteiger partial charge in [0.15, 0.2) is 0 Å². The molecule has 1 saturated heterocycles. The van der Waals surface area contributed by atoms with Crippen molar-refractivity contribution in [3.05, 3.63) is 48.5 Å². The van der Waals surface area contributed by atoms with Gasteiger partial charge in [0, 0.05) is 32.6 Å². The van der Waals surface area contributed by atoms with Crippen LogP contribution in [0.2, 0.25) is 0 Å². The molecule has 4 nitrogen and oxygen atoms in total. The van der Waals surface area contributed by atoms with Crippen molar-refractivity contribution in [2.75, 3.05) is 44.7 Å². The summed E-state index contributed by atoms with van der Waals surface area (Å²) in [6, 6.07) is 19.1. The molecule has 130 valence electrons. The van der Waals surface area contributed by atoms with E-state index in [-0.39, 0.29) is 0 Å². The molecule has 25 heavy (non-hydrogen) atoms. The van der Waals surface area contributed by atoms with Crippen molar-refractivity contribution in [3.8, 4) is 22.9 Å². The molecule has 4 heteroatoms. The number of nitriles is 1. The van der Waals surface area contributed by atoms with Crippen molar-refractivity contribution in [1.29, 1.82) is 5.26 Å². The Morgan fingerprint density at radius 3 is 2.44 bits per heavy atom. The van der Waals surface area contributed by atoms with Crippen molar-refractivity contribution < 1.29 is 4.74 Å². The molecular formula is C21H25N3O. The summed E-state index contributed by atoms with van der Waals surface area (Å²) in [6.07, 6.45) is 1.61. The Morgan fingerprint density at radius 1 is 1.00 bits per heavy atom. The summed E-state index contributed by atoms with van der Waals surface area (Å²) >= 11 is 0. The lowest BCUT2D eigenvalue weighted by atomic mass is 10.0. The number of anilines is 1. The molecule has 0 spiro atoms. The number of unbranched alkanes of at least 4 members (excludes halogenated alkanes) is 1. The van der Waals surface area contributed by atoms with Gasteiger partial charge in [0.1, 0.15) is 5.75 Å². The Bertz CT molecular complexity index is 716. The van der Waals surface area contributed by atoms with Crippen LogP contribution >= 0.6 is 0 Å². The molecule has 0 amide bonds. The molecule has 2 aromatic carbocycles. The van der Waals surface area contributed by atoms with Crippen LogP contribution in [0.5, 0.6) is 5.75 Å². The van der Waals surface area contributed by atoms with Crippen LogP contribution in [-0.2, 0) is 0 Å². The van der Waals surface area contributed by atoms with Gasteiger partial charge in [-0.2, -0.15) is 5.26 Å². The molecule has 0 aliphatic carbocycles. The lowest BCUT2D eigenvalue weighted by Crippen LogP contribution is -2.46. The van der Waals surface area contributed by atoms with E-state index in [0.717, 1.165) is 44.9 Å². The van der Waals surface area contributed by atoms with Gasteiger partial charge in [-0.3, -0.25) is 4.90 Å².